The van der Waals surface area contributed by atoms with Crippen LogP contribution in [0.25, 0.3) is 0 Å². The van der Waals surface area contributed by atoms with Gasteiger partial charge in [-0.25, -0.2) is 19.2 Å². The lowest BCUT2D eigenvalue weighted by Gasteiger charge is -2.33. The Kier molecular flexibility index (Phi) is 12.5. The third-order valence-corrected chi connectivity index (χ3v) is 7.03. The lowest BCUT2D eigenvalue weighted by molar-refractivity contribution is -0.180. The number of aliphatic hydroxyl groups excluding tert-OH is 1. The van der Waals surface area contributed by atoms with Crippen molar-refractivity contribution in [2.75, 3.05) is 6.54 Å². The quantitative estimate of drug-likeness (QED) is 0.214. The SMILES string of the molecule is CC(C)(C)NCC(O)c1ccc2c(c1)COC(C)(C)O2.Cc1ccc(C(=O)OC(C(=O)O)C(OC(=O)c2ccc(C)cc2)C(=O)O)cc1. The van der Waals surface area contributed by atoms with Crippen molar-refractivity contribution in [1.29, 1.82) is 0 Å². The van der Waals surface area contributed by atoms with Gasteiger partial charge in [0, 0.05) is 31.5 Å². The normalized spacial score (nSPS) is 15.2. The molecule has 0 aromatic heterocycles. The van der Waals surface area contributed by atoms with E-state index in [-0.39, 0.29) is 16.7 Å². The summed E-state index contributed by atoms with van der Waals surface area (Å²) in [5.41, 5.74) is 3.65. The Morgan fingerprint density at radius 1 is 0.812 bits per heavy atom. The molecule has 0 amide bonds. The minimum Gasteiger partial charge on any atom is -0.478 e. The summed E-state index contributed by atoms with van der Waals surface area (Å²) >= 11 is 0. The molecule has 1 heterocycles. The van der Waals surface area contributed by atoms with E-state index in [9.17, 15) is 34.5 Å². The number of hydrogen-bond donors (Lipinski definition) is 4. The second-order valence-corrected chi connectivity index (χ2v) is 12.9. The molecule has 3 atom stereocenters. The Balaban J connectivity index is 0.000000275. The first kappa shape index (κ1) is 37.7. The van der Waals surface area contributed by atoms with Gasteiger partial charge in [0.05, 0.1) is 23.8 Å². The van der Waals surface area contributed by atoms with E-state index < -0.39 is 48.0 Å². The number of aliphatic carboxylic acids is 2. The number of fused-ring (bicyclic) bond motifs is 1. The standard InChI is InChI=1S/C20H18O8.C16H25NO3/c1-11-3-7-13(8-4-11)19(25)27-15(17(21)22)16(18(23)24)28-20(26)14-9-5-12(2)6-10-14;1-15(2,3)17-9-13(18)11-6-7-14-12(8-11)10-19-16(4,5)20-14/h3-10,15-16H,1-2H3,(H,21,22)(H,23,24);6-8,13,17-18H,9-10H2,1-5H3. The molecule has 4 N–H and O–H groups in total. The van der Waals surface area contributed by atoms with Gasteiger partial charge in [-0.3, -0.25) is 0 Å². The maximum Gasteiger partial charge on any atom is 0.349 e. The third-order valence-electron chi connectivity index (χ3n) is 7.03. The molecule has 0 radical (unpaired) electrons. The van der Waals surface area contributed by atoms with Crippen molar-refractivity contribution in [2.24, 2.45) is 0 Å². The number of carboxylic acid groups (broad SMARTS) is 2. The number of nitrogens with one attached hydrogen (secondary N) is 1. The van der Waals surface area contributed by atoms with E-state index >= 15 is 0 Å². The number of esters is 2. The van der Waals surface area contributed by atoms with Gasteiger partial charge in [-0.05, 0) is 76.6 Å². The Hall–Kier alpha value is -4.78. The summed E-state index contributed by atoms with van der Waals surface area (Å²) in [6.45, 7) is 14.6. The van der Waals surface area contributed by atoms with Crippen molar-refractivity contribution in [1.82, 2.24) is 5.32 Å². The predicted molar refractivity (Wildman–Crippen MR) is 175 cm³/mol. The fraction of sp³-hybridized carbons (Fsp3) is 0.389. The van der Waals surface area contributed by atoms with Crippen LogP contribution in [0.4, 0.5) is 0 Å². The number of ether oxygens (including phenoxy) is 4. The smallest absolute Gasteiger partial charge is 0.349 e. The summed E-state index contributed by atoms with van der Waals surface area (Å²) in [5.74, 6) is -5.37. The van der Waals surface area contributed by atoms with Gasteiger partial charge in [-0.1, -0.05) is 41.5 Å². The summed E-state index contributed by atoms with van der Waals surface area (Å²) in [6.07, 6.45) is -4.98. The maximum absolute atomic E-state index is 12.2. The molecule has 1 aliphatic rings. The van der Waals surface area contributed by atoms with Gasteiger partial charge in [0.1, 0.15) is 5.75 Å². The molecule has 0 bridgehead atoms. The highest BCUT2D eigenvalue weighted by molar-refractivity contribution is 5.95. The topological polar surface area (TPSA) is 178 Å². The molecule has 3 aromatic carbocycles. The van der Waals surface area contributed by atoms with Crippen LogP contribution in [0.1, 0.15) is 83.7 Å². The first-order valence-electron chi connectivity index (χ1n) is 15.2. The van der Waals surface area contributed by atoms with Crippen molar-refractivity contribution in [3.05, 3.63) is 100 Å². The van der Waals surface area contributed by atoms with E-state index in [4.69, 9.17) is 18.9 Å². The first-order valence-corrected chi connectivity index (χ1v) is 15.2. The number of aliphatic hydroxyl groups is 1. The van der Waals surface area contributed by atoms with Crippen molar-refractivity contribution in [3.63, 3.8) is 0 Å². The molecular weight excluding hydrogens is 622 g/mol. The van der Waals surface area contributed by atoms with Gasteiger partial charge in [0.2, 0.25) is 18.0 Å². The second kappa shape index (κ2) is 15.9. The monoisotopic (exact) mass is 665 g/mol. The molecule has 0 fully saturated rings. The number of benzene rings is 3. The molecular formula is C36H43NO11. The number of carbonyl (C=O) groups is 4. The van der Waals surface area contributed by atoms with Crippen molar-refractivity contribution < 1.29 is 53.4 Å². The van der Waals surface area contributed by atoms with Crippen molar-refractivity contribution >= 4 is 23.9 Å². The van der Waals surface area contributed by atoms with Crippen molar-refractivity contribution in [2.45, 2.75) is 84.7 Å². The van der Waals surface area contributed by atoms with Gasteiger partial charge in [0.15, 0.2) is 0 Å². The molecule has 0 aliphatic carbocycles. The van der Waals surface area contributed by atoms with Crippen LogP contribution < -0.4 is 10.1 Å². The molecule has 12 nitrogen and oxygen atoms in total. The molecule has 0 spiro atoms. The van der Waals surface area contributed by atoms with Gasteiger partial charge >= 0.3 is 23.9 Å². The van der Waals surface area contributed by atoms with E-state index in [0.717, 1.165) is 28.0 Å². The first-order chi connectivity index (χ1) is 22.3. The molecule has 12 heteroatoms. The highest BCUT2D eigenvalue weighted by Crippen LogP contribution is 2.33. The molecule has 0 saturated carbocycles. The van der Waals surface area contributed by atoms with E-state index in [0.29, 0.717) is 13.2 Å². The van der Waals surface area contributed by atoms with Crippen LogP contribution in [0.2, 0.25) is 0 Å². The minimum atomic E-state index is -2.22. The van der Waals surface area contributed by atoms with Gasteiger partial charge in [0.25, 0.3) is 0 Å². The number of carbonyl (C=O) groups excluding carboxylic acids is 2. The summed E-state index contributed by atoms with van der Waals surface area (Å²) < 4.78 is 21.0. The molecule has 1 aliphatic heterocycles. The number of rotatable bonds is 10. The third kappa shape index (κ3) is 11.2. The van der Waals surface area contributed by atoms with E-state index in [2.05, 4.69) is 26.1 Å². The molecule has 48 heavy (non-hydrogen) atoms. The van der Waals surface area contributed by atoms with Crippen LogP contribution in [-0.4, -0.2) is 69.3 Å². The summed E-state index contributed by atoms with van der Waals surface area (Å²) in [4.78, 5) is 47.3. The Labute approximate surface area is 279 Å². The summed E-state index contributed by atoms with van der Waals surface area (Å²) in [5, 5.41) is 32.2. The average molecular weight is 666 g/mol. The number of hydrogen-bond acceptors (Lipinski definition) is 10. The van der Waals surface area contributed by atoms with E-state index in [1.807, 2.05) is 32.0 Å². The summed E-state index contributed by atoms with van der Waals surface area (Å²) in [6, 6.07) is 17.8. The second-order valence-electron chi connectivity index (χ2n) is 12.9. The lowest BCUT2D eigenvalue weighted by atomic mass is 10.0. The predicted octanol–water partition coefficient (Wildman–Crippen LogP) is 4.98. The highest BCUT2D eigenvalue weighted by atomic mass is 16.7. The Bertz CT molecular complexity index is 1520. The minimum absolute atomic E-state index is 0.00850. The molecule has 3 unspecified atom stereocenters. The van der Waals surface area contributed by atoms with Gasteiger partial charge in [-0.15, -0.1) is 0 Å². The largest absolute Gasteiger partial charge is 0.478 e. The number of carboxylic acids is 2. The highest BCUT2D eigenvalue weighted by Gasteiger charge is 2.41. The molecule has 4 rings (SSSR count). The summed E-state index contributed by atoms with van der Waals surface area (Å²) in [7, 11) is 0. The molecule has 0 saturated heterocycles. The van der Waals surface area contributed by atoms with Crippen LogP contribution >= 0.6 is 0 Å². The van der Waals surface area contributed by atoms with Crippen LogP contribution in [0, 0.1) is 13.8 Å². The van der Waals surface area contributed by atoms with E-state index in [1.165, 1.54) is 24.3 Å². The average Bonchev–Trinajstić information content (AvgIpc) is 3.01. The molecule has 3 aromatic rings. The van der Waals surface area contributed by atoms with Gasteiger partial charge in [-0.2, -0.15) is 0 Å². The zero-order valence-electron chi connectivity index (χ0n) is 28.1. The maximum atomic E-state index is 12.2. The molecule has 258 valence electrons. The lowest BCUT2D eigenvalue weighted by Crippen LogP contribution is -2.45. The zero-order valence-corrected chi connectivity index (χ0v) is 28.1. The van der Waals surface area contributed by atoms with Crippen LogP contribution in [-0.2, 0) is 30.4 Å². The fourth-order valence-corrected chi connectivity index (χ4v) is 4.31. The number of β-amino-alcohol motifs (C(OH)–C–C–N with tert-alkyl or cyclic N) is 1. The number of aryl methyl sites for hydroxylation is 2. The van der Waals surface area contributed by atoms with E-state index in [1.54, 1.807) is 38.1 Å². The van der Waals surface area contributed by atoms with Crippen LogP contribution in [0.15, 0.2) is 66.7 Å². The Morgan fingerprint density at radius 3 is 1.69 bits per heavy atom. The van der Waals surface area contributed by atoms with Gasteiger partial charge < -0.3 is 39.6 Å². The van der Waals surface area contributed by atoms with Crippen molar-refractivity contribution in [3.8, 4) is 5.75 Å². The fourth-order valence-electron chi connectivity index (χ4n) is 4.31. The Morgan fingerprint density at radius 2 is 1.27 bits per heavy atom. The zero-order chi connectivity index (χ0) is 35.8. The van der Waals surface area contributed by atoms with Crippen LogP contribution in [0.5, 0.6) is 5.75 Å². The van der Waals surface area contributed by atoms with Crippen LogP contribution in [0.3, 0.4) is 0 Å².